The summed E-state index contributed by atoms with van der Waals surface area (Å²) in [5.74, 6) is -0.178. The van der Waals surface area contributed by atoms with E-state index in [1.807, 2.05) is 63.1 Å². The van der Waals surface area contributed by atoms with Crippen LogP contribution in [0.25, 0.3) is 10.8 Å². The van der Waals surface area contributed by atoms with Gasteiger partial charge in [-0.15, -0.1) is 0 Å². The Labute approximate surface area is 225 Å². The molecule has 0 aliphatic heterocycles. The molecular weight excluding hydrogens is 496 g/mol. The summed E-state index contributed by atoms with van der Waals surface area (Å²) in [6.07, 6.45) is 18.1. The zero-order chi connectivity index (χ0) is 25.2. The Balaban J connectivity index is 0.000000678. The summed E-state index contributed by atoms with van der Waals surface area (Å²) < 4.78 is 4.87. The van der Waals surface area contributed by atoms with Crippen LogP contribution in [0.2, 0.25) is 0 Å². The third-order valence-electron chi connectivity index (χ3n) is 5.39. The van der Waals surface area contributed by atoms with Crippen molar-refractivity contribution in [1.29, 1.82) is 0 Å². The molecule has 10 radical (unpaired) electrons. The molecule has 2 fully saturated rings. The molecule has 4 rings (SSSR count). The van der Waals surface area contributed by atoms with E-state index in [4.69, 9.17) is 4.74 Å². The van der Waals surface area contributed by atoms with Crippen LogP contribution in [0.4, 0.5) is 0 Å². The second kappa shape index (κ2) is 15.0. The maximum atomic E-state index is 12.6. The standard InChI is InChI=1S/C24H25N2O4.C5H5.Fe/c1-4-30-24(29)16(3)26-22(27)15(2)25-23(28)21-12-11-19-13-18(9-10-20(19)14-21)17-7-5-6-8-17;1-2-4-5-3-1;/h5-16H,4H2,1-3H3,(H,25,28)(H,26,27);1-5H;/q;;+2/t15-,16-;;/m0../s1. The number of hydrogen-bond acceptors (Lipinski definition) is 4. The van der Waals surface area contributed by atoms with Crippen LogP contribution in [-0.2, 0) is 31.4 Å². The van der Waals surface area contributed by atoms with E-state index >= 15 is 0 Å². The van der Waals surface area contributed by atoms with Gasteiger partial charge in [-0.1, -0.05) is 24.3 Å². The fourth-order valence-electron chi connectivity index (χ4n) is 3.46. The van der Waals surface area contributed by atoms with Crippen LogP contribution in [0.1, 0.15) is 36.7 Å². The zero-order valence-corrected chi connectivity index (χ0v) is 21.6. The maximum absolute atomic E-state index is 12.6. The Hall–Kier alpha value is -2.37. The van der Waals surface area contributed by atoms with Crippen molar-refractivity contribution in [1.82, 2.24) is 10.6 Å². The van der Waals surface area contributed by atoms with Crippen molar-refractivity contribution in [3.63, 3.8) is 0 Å². The van der Waals surface area contributed by atoms with Gasteiger partial charge in [-0.25, -0.2) is 4.79 Å². The summed E-state index contributed by atoms with van der Waals surface area (Å²) in [5, 5.41) is 7.17. The van der Waals surface area contributed by atoms with Gasteiger partial charge < -0.3 is 15.4 Å². The van der Waals surface area contributed by atoms with Crippen LogP contribution in [0.3, 0.4) is 0 Å². The largest absolute Gasteiger partial charge is 2.00 e. The predicted octanol–water partition coefficient (Wildman–Crippen LogP) is 3.80. The summed E-state index contributed by atoms with van der Waals surface area (Å²) in [7, 11) is 0. The monoisotopic (exact) mass is 526 g/mol. The molecule has 2 aromatic carbocycles. The van der Waals surface area contributed by atoms with Crippen LogP contribution >= 0.6 is 0 Å². The van der Waals surface area contributed by atoms with E-state index < -0.39 is 24.0 Å². The van der Waals surface area contributed by atoms with E-state index in [1.165, 1.54) is 6.92 Å². The Morgan fingerprint density at radius 3 is 1.97 bits per heavy atom. The molecule has 186 valence electrons. The average molecular weight is 526 g/mol. The van der Waals surface area contributed by atoms with E-state index in [9.17, 15) is 14.4 Å². The van der Waals surface area contributed by atoms with Gasteiger partial charge >= 0.3 is 23.0 Å². The van der Waals surface area contributed by atoms with Gasteiger partial charge in [0.2, 0.25) is 5.91 Å². The molecule has 2 aromatic rings. The van der Waals surface area contributed by atoms with Gasteiger partial charge in [0.15, 0.2) is 0 Å². The predicted molar refractivity (Wildman–Crippen MR) is 136 cm³/mol. The SMILES string of the molecule is CCOC(=O)[C@H](C)NC(=O)[C@H](C)NC(=O)c1ccc2cc([C]3[CH][CH][CH][CH]3)ccc2c1.[CH]1[CH][CH][CH][CH]1.[Fe+2]. The quantitative estimate of drug-likeness (QED) is 0.425. The van der Waals surface area contributed by atoms with Gasteiger partial charge in [0.05, 0.1) is 6.61 Å². The smallest absolute Gasteiger partial charge is 0.464 e. The number of amides is 2. The van der Waals surface area contributed by atoms with Crippen molar-refractivity contribution in [3.8, 4) is 0 Å². The summed E-state index contributed by atoms with van der Waals surface area (Å²) in [6, 6.07) is 9.92. The molecule has 0 bridgehead atoms. The van der Waals surface area contributed by atoms with Gasteiger partial charge in [0.1, 0.15) is 12.1 Å². The first kappa shape index (κ1) is 29.9. The average Bonchev–Trinajstić information content (AvgIpc) is 3.60. The molecule has 2 aliphatic rings. The Kier molecular flexibility index (Phi) is 12.5. The number of benzene rings is 2. The molecule has 6 nitrogen and oxygen atoms in total. The molecule has 36 heavy (non-hydrogen) atoms. The molecule has 2 atom stereocenters. The minimum absolute atomic E-state index is 0. The maximum Gasteiger partial charge on any atom is 2.00 e. The van der Waals surface area contributed by atoms with E-state index in [2.05, 4.69) is 29.5 Å². The Bertz CT molecular complexity index is 1010. The van der Waals surface area contributed by atoms with Gasteiger partial charge in [0.25, 0.3) is 5.91 Å². The van der Waals surface area contributed by atoms with Crippen LogP contribution in [0.15, 0.2) is 36.4 Å². The fourth-order valence-corrected chi connectivity index (χ4v) is 3.46. The van der Waals surface area contributed by atoms with Gasteiger partial charge in [-0.3, -0.25) is 9.59 Å². The van der Waals surface area contributed by atoms with Gasteiger partial charge in [-0.05, 0) is 107 Å². The summed E-state index contributed by atoms with van der Waals surface area (Å²) in [4.78, 5) is 36.5. The van der Waals surface area contributed by atoms with Crippen molar-refractivity contribution in [2.45, 2.75) is 32.9 Å². The molecule has 0 heterocycles. The zero-order valence-electron chi connectivity index (χ0n) is 20.5. The van der Waals surface area contributed by atoms with Crippen LogP contribution < -0.4 is 10.6 Å². The van der Waals surface area contributed by atoms with Crippen molar-refractivity contribution >= 4 is 28.6 Å². The molecular formula is C29H30FeN2O4+2. The minimum atomic E-state index is -0.801. The molecule has 2 aliphatic carbocycles. The summed E-state index contributed by atoms with van der Waals surface area (Å²) in [5.41, 5.74) is 1.58. The van der Waals surface area contributed by atoms with Gasteiger partial charge in [0, 0.05) is 11.5 Å². The molecule has 0 spiro atoms. The third kappa shape index (κ3) is 8.63. The molecule has 2 amide bonds. The number of rotatable bonds is 7. The number of nitrogens with one attached hydrogen (secondary N) is 2. The van der Waals surface area contributed by atoms with Gasteiger partial charge in [-0.2, -0.15) is 0 Å². The summed E-state index contributed by atoms with van der Waals surface area (Å²) in [6.45, 7) is 5.04. The van der Waals surface area contributed by atoms with Crippen molar-refractivity contribution < 1.29 is 36.2 Å². The topological polar surface area (TPSA) is 84.5 Å². The number of carbonyl (C=O) groups excluding carboxylic acids is 3. The molecule has 7 heteroatoms. The Morgan fingerprint density at radius 1 is 0.778 bits per heavy atom. The number of carbonyl (C=O) groups is 3. The summed E-state index contributed by atoms with van der Waals surface area (Å²) >= 11 is 0. The molecule has 2 saturated carbocycles. The number of fused-ring (bicyclic) bond motifs is 1. The molecule has 2 N–H and O–H groups in total. The molecule has 0 unspecified atom stereocenters. The number of ether oxygens (including phenoxy) is 1. The Morgan fingerprint density at radius 2 is 1.36 bits per heavy atom. The van der Waals surface area contributed by atoms with Crippen molar-refractivity contribution in [3.05, 3.63) is 111 Å². The van der Waals surface area contributed by atoms with Crippen LogP contribution in [-0.4, -0.2) is 36.5 Å². The minimum Gasteiger partial charge on any atom is -0.464 e. The normalized spacial score (nSPS) is 16.8. The number of hydrogen-bond donors (Lipinski definition) is 2. The van der Waals surface area contributed by atoms with E-state index in [0.29, 0.717) is 5.56 Å². The van der Waals surface area contributed by atoms with Crippen molar-refractivity contribution in [2.75, 3.05) is 6.61 Å². The number of esters is 1. The van der Waals surface area contributed by atoms with E-state index in [-0.39, 0.29) is 29.6 Å². The van der Waals surface area contributed by atoms with E-state index in [1.54, 1.807) is 26.0 Å². The third-order valence-corrected chi connectivity index (χ3v) is 5.39. The fraction of sp³-hybridized carbons (Fsp3) is 0.207. The molecule has 0 saturated heterocycles. The van der Waals surface area contributed by atoms with Crippen LogP contribution in [0.5, 0.6) is 0 Å². The molecule has 0 aromatic heterocycles. The first-order valence-corrected chi connectivity index (χ1v) is 11.6. The second-order valence-corrected chi connectivity index (χ2v) is 8.09. The first-order chi connectivity index (χ1) is 16.9. The second-order valence-electron chi connectivity index (χ2n) is 8.09. The first-order valence-electron chi connectivity index (χ1n) is 11.6. The van der Waals surface area contributed by atoms with Crippen molar-refractivity contribution in [2.24, 2.45) is 0 Å². The van der Waals surface area contributed by atoms with E-state index in [0.717, 1.165) is 22.3 Å². The van der Waals surface area contributed by atoms with Crippen LogP contribution in [0, 0.1) is 63.7 Å².